The third kappa shape index (κ3) is 3.12. The number of hydrogen-bond donors (Lipinski definition) is 1. The van der Waals surface area contributed by atoms with Crippen molar-refractivity contribution >= 4 is 46.6 Å². The molecule has 0 saturated heterocycles. The van der Waals surface area contributed by atoms with Crippen LogP contribution in [0.2, 0.25) is 0 Å². The van der Waals surface area contributed by atoms with Crippen molar-refractivity contribution in [2.45, 2.75) is 6.42 Å². The van der Waals surface area contributed by atoms with Gasteiger partial charge in [-0.3, -0.25) is 0 Å². The molecule has 3 heteroatoms. The molecule has 0 fully saturated rings. The van der Waals surface area contributed by atoms with E-state index in [4.69, 9.17) is 5.11 Å². The van der Waals surface area contributed by atoms with E-state index in [0.717, 1.165) is 6.42 Å². The van der Waals surface area contributed by atoms with Crippen LogP contribution in [0.25, 0.3) is 25.1 Å². The van der Waals surface area contributed by atoms with Gasteiger partial charge in [-0.25, -0.2) is 0 Å². The molecule has 4 rings (SSSR count). The Labute approximate surface area is 153 Å². The standard InChI is InChI=1S/C20H17OS.CH3Br/c21-14-13-15-9-11-16(12-10-15)22-19-7-3-1-5-17(19)18-6-2-4-8-20(18)22;1-2/h1-12,21H,13-14H2;1H3/q+1;. The number of rotatable bonds is 3. The molecule has 3 aromatic carbocycles. The van der Waals surface area contributed by atoms with Gasteiger partial charge < -0.3 is 5.11 Å². The Morgan fingerprint density at radius 2 is 1.25 bits per heavy atom. The first-order valence-corrected chi connectivity index (χ1v) is 10.7. The minimum Gasteiger partial charge on any atom is -0.396 e. The minimum atomic E-state index is -0.0153. The fourth-order valence-corrected chi connectivity index (χ4v) is 5.41. The summed E-state index contributed by atoms with van der Waals surface area (Å²) in [7, 11) is -0.0153. The summed E-state index contributed by atoms with van der Waals surface area (Å²) in [4.78, 5) is 1.35. The second kappa shape index (κ2) is 7.93. The van der Waals surface area contributed by atoms with Gasteiger partial charge in [-0.15, -0.1) is 0 Å². The molecule has 0 unspecified atom stereocenters. The molecule has 0 aliphatic carbocycles. The maximum Gasteiger partial charge on any atom is 0.187 e. The number of thiophene rings is 1. The van der Waals surface area contributed by atoms with E-state index in [9.17, 15) is 0 Å². The van der Waals surface area contributed by atoms with Crippen LogP contribution in [0.5, 0.6) is 0 Å². The zero-order chi connectivity index (χ0) is 16.9. The third-order valence-corrected chi connectivity index (χ3v) is 6.40. The van der Waals surface area contributed by atoms with Crippen LogP contribution >= 0.6 is 26.4 Å². The highest BCUT2D eigenvalue weighted by Crippen LogP contribution is 2.47. The Bertz CT molecular complexity index is 888. The van der Waals surface area contributed by atoms with E-state index in [1.807, 2.05) is 5.83 Å². The first kappa shape index (κ1) is 17.2. The molecular formula is C21H20BrOS+. The normalized spacial score (nSPS) is 10.6. The molecule has 1 heterocycles. The highest BCUT2D eigenvalue weighted by Gasteiger charge is 2.22. The third-order valence-electron chi connectivity index (χ3n) is 4.06. The fraction of sp³-hybridized carbons (Fsp3) is 0.143. The Morgan fingerprint density at radius 3 is 1.75 bits per heavy atom. The van der Waals surface area contributed by atoms with Crippen LogP contribution in [-0.2, 0) is 6.42 Å². The summed E-state index contributed by atoms with van der Waals surface area (Å²) < 4.78 is 2.83. The van der Waals surface area contributed by atoms with E-state index in [0.29, 0.717) is 0 Å². The molecule has 4 aromatic rings. The summed E-state index contributed by atoms with van der Waals surface area (Å²) in [6.07, 6.45) is 0.723. The maximum absolute atomic E-state index is 9.06. The molecule has 0 amide bonds. The highest BCUT2D eigenvalue weighted by molar-refractivity contribution is 9.08. The molecule has 1 N–H and O–H groups in total. The topological polar surface area (TPSA) is 20.2 Å². The summed E-state index contributed by atoms with van der Waals surface area (Å²) in [5.74, 6) is 1.81. The Hall–Kier alpha value is -1.68. The lowest BCUT2D eigenvalue weighted by Gasteiger charge is -1.98. The van der Waals surface area contributed by atoms with E-state index in [1.54, 1.807) is 0 Å². The smallest absolute Gasteiger partial charge is 0.187 e. The van der Waals surface area contributed by atoms with Gasteiger partial charge in [-0.05, 0) is 54.2 Å². The molecule has 122 valence electrons. The number of fused-ring (bicyclic) bond motifs is 3. The van der Waals surface area contributed by atoms with E-state index < -0.39 is 0 Å². The van der Waals surface area contributed by atoms with Gasteiger partial charge in [0.25, 0.3) is 0 Å². The second-order valence-corrected chi connectivity index (χ2v) is 7.38. The number of halogens is 1. The van der Waals surface area contributed by atoms with E-state index in [-0.39, 0.29) is 17.1 Å². The molecule has 0 atom stereocenters. The lowest BCUT2D eigenvalue weighted by molar-refractivity contribution is 0.299. The molecule has 0 bridgehead atoms. The Kier molecular flexibility index (Phi) is 5.67. The molecule has 0 spiro atoms. The Morgan fingerprint density at radius 1 is 0.750 bits per heavy atom. The summed E-state index contributed by atoms with van der Waals surface area (Å²) >= 11 is 2.94. The van der Waals surface area contributed by atoms with Gasteiger partial charge in [0.05, 0.1) is 0 Å². The van der Waals surface area contributed by atoms with Crippen LogP contribution in [0.1, 0.15) is 5.56 Å². The average Bonchev–Trinajstić information content (AvgIpc) is 2.99. The second-order valence-electron chi connectivity index (χ2n) is 5.42. The van der Waals surface area contributed by atoms with E-state index in [1.165, 1.54) is 30.6 Å². The molecule has 0 saturated carbocycles. The predicted molar refractivity (Wildman–Crippen MR) is 111 cm³/mol. The van der Waals surface area contributed by atoms with Gasteiger partial charge in [0.2, 0.25) is 0 Å². The average molecular weight is 400 g/mol. The van der Waals surface area contributed by atoms with Crippen LogP contribution < -0.4 is 0 Å². The van der Waals surface area contributed by atoms with Crippen molar-refractivity contribution in [2.75, 3.05) is 12.4 Å². The van der Waals surface area contributed by atoms with Gasteiger partial charge in [0.15, 0.2) is 14.3 Å². The van der Waals surface area contributed by atoms with Crippen molar-refractivity contribution in [3.63, 3.8) is 0 Å². The van der Waals surface area contributed by atoms with Crippen LogP contribution in [0.15, 0.2) is 72.8 Å². The number of aliphatic hydroxyl groups excluding tert-OH is 1. The minimum absolute atomic E-state index is 0.0153. The lowest BCUT2D eigenvalue weighted by Crippen LogP contribution is -1.89. The molecule has 0 aliphatic heterocycles. The number of aliphatic hydroxyl groups is 1. The Balaban J connectivity index is 0.000000815. The van der Waals surface area contributed by atoms with Gasteiger partial charge in [-0.1, -0.05) is 52.3 Å². The quantitative estimate of drug-likeness (QED) is 0.317. The van der Waals surface area contributed by atoms with E-state index in [2.05, 4.69) is 88.7 Å². The van der Waals surface area contributed by atoms with Crippen molar-refractivity contribution in [3.8, 4) is 4.90 Å². The summed E-state index contributed by atoms with van der Waals surface area (Å²) in [5, 5.41) is 11.8. The van der Waals surface area contributed by atoms with Crippen LogP contribution in [0.4, 0.5) is 0 Å². The highest BCUT2D eigenvalue weighted by atomic mass is 79.9. The van der Waals surface area contributed by atoms with Gasteiger partial charge in [0.1, 0.15) is 0 Å². The van der Waals surface area contributed by atoms with Gasteiger partial charge in [0, 0.05) is 27.8 Å². The summed E-state index contributed by atoms with van der Waals surface area (Å²) in [6.45, 7) is 0.205. The van der Waals surface area contributed by atoms with Crippen molar-refractivity contribution in [2.24, 2.45) is 0 Å². The summed E-state index contributed by atoms with van der Waals surface area (Å²) in [6, 6.07) is 26.2. The maximum atomic E-state index is 9.06. The zero-order valence-electron chi connectivity index (χ0n) is 13.6. The number of alkyl halides is 1. The van der Waals surface area contributed by atoms with Gasteiger partial charge in [-0.2, -0.15) is 0 Å². The zero-order valence-corrected chi connectivity index (χ0v) is 16.0. The molecule has 0 radical (unpaired) electrons. The number of benzene rings is 3. The molecule has 1 aromatic heterocycles. The first-order chi connectivity index (χ1) is 11.9. The molecule has 1 nitrogen and oxygen atoms in total. The largest absolute Gasteiger partial charge is 0.396 e. The van der Waals surface area contributed by atoms with Gasteiger partial charge >= 0.3 is 0 Å². The lowest BCUT2D eigenvalue weighted by atomic mass is 10.2. The van der Waals surface area contributed by atoms with Crippen LogP contribution in [-0.4, -0.2) is 17.5 Å². The van der Waals surface area contributed by atoms with Crippen molar-refractivity contribution in [1.82, 2.24) is 0 Å². The monoisotopic (exact) mass is 399 g/mol. The molecule has 24 heavy (non-hydrogen) atoms. The molecular weight excluding hydrogens is 380 g/mol. The predicted octanol–water partition coefficient (Wildman–Crippen LogP) is 6.28. The van der Waals surface area contributed by atoms with Crippen molar-refractivity contribution in [1.29, 1.82) is 0 Å². The van der Waals surface area contributed by atoms with Crippen molar-refractivity contribution < 1.29 is 5.11 Å². The van der Waals surface area contributed by atoms with E-state index >= 15 is 0 Å². The number of hydrogen-bond acceptors (Lipinski definition) is 1. The fourth-order valence-electron chi connectivity index (χ4n) is 3.03. The first-order valence-electron chi connectivity index (χ1n) is 7.89. The molecule has 0 aliphatic rings. The van der Waals surface area contributed by atoms with Crippen LogP contribution in [0.3, 0.4) is 0 Å². The SMILES string of the molecule is CBr.OCCc1ccc(-[s+]2c3ccccc3c3ccccc32)cc1. The summed E-state index contributed by atoms with van der Waals surface area (Å²) in [5.41, 5.74) is 1.19. The van der Waals surface area contributed by atoms with Crippen molar-refractivity contribution in [3.05, 3.63) is 78.4 Å². The van der Waals surface area contributed by atoms with Crippen LogP contribution in [0, 0.1) is 0 Å².